The van der Waals surface area contributed by atoms with Crippen LogP contribution in [0.1, 0.15) is 34.6 Å². The molecular weight excluding hydrogens is 212 g/mol. The third kappa shape index (κ3) is 2.76. The van der Waals surface area contributed by atoms with Crippen molar-refractivity contribution in [2.24, 2.45) is 5.41 Å². The van der Waals surface area contributed by atoms with E-state index in [1.54, 1.807) is 13.0 Å². The molecule has 1 N–H and O–H groups in total. The average molecular weight is 232 g/mol. The molecule has 0 aromatic heterocycles. The Hall–Kier alpha value is -1.57. The lowest BCUT2D eigenvalue weighted by Gasteiger charge is -2.28. The zero-order chi connectivity index (χ0) is 13.2. The monoisotopic (exact) mass is 232 g/mol. The molecule has 17 heavy (non-hydrogen) atoms. The first-order valence-electron chi connectivity index (χ1n) is 5.78. The third-order valence-electron chi connectivity index (χ3n) is 3.14. The molecule has 0 saturated carbocycles. The second-order valence-corrected chi connectivity index (χ2v) is 4.99. The van der Waals surface area contributed by atoms with E-state index >= 15 is 0 Å². The minimum atomic E-state index is -0.313. The van der Waals surface area contributed by atoms with Crippen LogP contribution in [0.5, 0.6) is 0 Å². The van der Waals surface area contributed by atoms with Crippen LogP contribution >= 0.6 is 0 Å². The zero-order valence-corrected chi connectivity index (χ0v) is 11.2. The predicted octanol–water partition coefficient (Wildman–Crippen LogP) is 3.88. The highest BCUT2D eigenvalue weighted by Crippen LogP contribution is 2.37. The van der Waals surface area contributed by atoms with Gasteiger partial charge in [0.1, 0.15) is 0 Å². The van der Waals surface area contributed by atoms with E-state index < -0.39 is 0 Å². The van der Waals surface area contributed by atoms with E-state index in [-0.39, 0.29) is 17.0 Å². The summed E-state index contributed by atoms with van der Waals surface area (Å²) in [6, 6.07) is 0. The summed E-state index contributed by atoms with van der Waals surface area (Å²) in [6.45, 7) is 9.73. The summed E-state index contributed by atoms with van der Waals surface area (Å²) in [7, 11) is 0. The van der Waals surface area contributed by atoms with Gasteiger partial charge in [0, 0.05) is 11.0 Å². The molecule has 0 fully saturated rings. The predicted molar refractivity (Wildman–Crippen MR) is 70.8 cm³/mol. The van der Waals surface area contributed by atoms with Crippen molar-refractivity contribution in [3.05, 3.63) is 46.8 Å². The quantitative estimate of drug-likeness (QED) is 0.734. The highest BCUT2D eigenvalue weighted by Gasteiger charge is 2.30. The molecular formula is C15H20O2. The van der Waals surface area contributed by atoms with E-state index in [0.717, 1.165) is 11.1 Å². The Bertz CT molecular complexity index is 457. The van der Waals surface area contributed by atoms with Crippen molar-refractivity contribution in [2.45, 2.75) is 34.6 Å². The number of ketones is 1. The normalized spacial score (nSPS) is 21.1. The van der Waals surface area contributed by atoms with Gasteiger partial charge in [0.2, 0.25) is 5.78 Å². The summed E-state index contributed by atoms with van der Waals surface area (Å²) in [6.07, 6.45) is 7.58. The van der Waals surface area contributed by atoms with E-state index in [9.17, 15) is 9.90 Å². The second-order valence-electron chi connectivity index (χ2n) is 4.99. The first kappa shape index (κ1) is 13.5. The molecule has 0 spiro atoms. The Kier molecular flexibility index (Phi) is 3.76. The Morgan fingerprint density at radius 1 is 1.41 bits per heavy atom. The van der Waals surface area contributed by atoms with Crippen LogP contribution in [0.4, 0.5) is 0 Å². The molecule has 0 saturated heterocycles. The van der Waals surface area contributed by atoms with Crippen LogP contribution in [0.3, 0.4) is 0 Å². The van der Waals surface area contributed by atoms with E-state index in [0.29, 0.717) is 5.57 Å². The largest absolute Gasteiger partial charge is 0.504 e. The van der Waals surface area contributed by atoms with Gasteiger partial charge in [-0.25, -0.2) is 0 Å². The minimum Gasteiger partial charge on any atom is -0.504 e. The Morgan fingerprint density at radius 2 is 2.00 bits per heavy atom. The fourth-order valence-electron chi connectivity index (χ4n) is 1.93. The van der Waals surface area contributed by atoms with Gasteiger partial charge in [0.05, 0.1) is 0 Å². The summed E-state index contributed by atoms with van der Waals surface area (Å²) < 4.78 is 0. The fourth-order valence-corrected chi connectivity index (χ4v) is 1.93. The van der Waals surface area contributed by atoms with E-state index in [1.165, 1.54) is 0 Å². The van der Waals surface area contributed by atoms with Crippen molar-refractivity contribution in [1.82, 2.24) is 0 Å². The van der Waals surface area contributed by atoms with Crippen LogP contribution in [0.25, 0.3) is 0 Å². The maximum atomic E-state index is 11.7. The van der Waals surface area contributed by atoms with Crippen LogP contribution in [0.15, 0.2) is 46.8 Å². The number of rotatable bonds is 2. The molecule has 1 rings (SSSR count). The third-order valence-corrected chi connectivity index (χ3v) is 3.14. The molecule has 0 atom stereocenters. The van der Waals surface area contributed by atoms with Crippen molar-refractivity contribution in [2.75, 3.05) is 0 Å². The van der Waals surface area contributed by atoms with Crippen molar-refractivity contribution in [1.29, 1.82) is 0 Å². The lowest BCUT2D eigenvalue weighted by atomic mass is 9.76. The van der Waals surface area contributed by atoms with Gasteiger partial charge >= 0.3 is 0 Å². The summed E-state index contributed by atoms with van der Waals surface area (Å²) in [4.78, 5) is 11.7. The van der Waals surface area contributed by atoms with E-state index in [1.807, 2.05) is 45.9 Å². The number of carbonyl (C=O) groups excluding carboxylic acids is 1. The second kappa shape index (κ2) is 4.74. The molecule has 1 aliphatic rings. The summed E-state index contributed by atoms with van der Waals surface area (Å²) in [5.41, 5.74) is 2.41. The number of Topliss-reactive ketones (excluding diaryl/α,β-unsaturated/α-hetero) is 1. The molecule has 0 heterocycles. The Labute approximate surface area is 103 Å². The van der Waals surface area contributed by atoms with Crippen LogP contribution in [-0.2, 0) is 4.79 Å². The van der Waals surface area contributed by atoms with Crippen LogP contribution in [0.2, 0.25) is 0 Å². The molecule has 2 heteroatoms. The van der Waals surface area contributed by atoms with Gasteiger partial charge in [-0.3, -0.25) is 4.79 Å². The molecule has 0 radical (unpaired) electrons. The Morgan fingerprint density at radius 3 is 2.53 bits per heavy atom. The van der Waals surface area contributed by atoms with E-state index in [2.05, 4.69) is 0 Å². The highest BCUT2D eigenvalue weighted by atomic mass is 16.3. The van der Waals surface area contributed by atoms with Gasteiger partial charge in [-0.1, -0.05) is 37.6 Å². The first-order valence-corrected chi connectivity index (χ1v) is 5.78. The molecule has 0 amide bonds. The van der Waals surface area contributed by atoms with Gasteiger partial charge in [0.15, 0.2) is 5.76 Å². The fraction of sp³-hybridized carbons (Fsp3) is 0.400. The summed E-state index contributed by atoms with van der Waals surface area (Å²) in [5, 5.41) is 9.57. The molecule has 0 unspecified atom stereocenters. The highest BCUT2D eigenvalue weighted by molar-refractivity contribution is 6.08. The molecule has 0 aromatic carbocycles. The topological polar surface area (TPSA) is 37.3 Å². The molecule has 92 valence electrons. The SMILES string of the molecule is C/C=C(C)/C=C/C1=C(C)C(=O)C(O)=CC1(C)C. The lowest BCUT2D eigenvalue weighted by molar-refractivity contribution is -0.114. The van der Waals surface area contributed by atoms with Gasteiger partial charge in [-0.15, -0.1) is 0 Å². The van der Waals surface area contributed by atoms with Crippen LogP contribution in [-0.4, -0.2) is 10.9 Å². The van der Waals surface area contributed by atoms with Gasteiger partial charge in [-0.05, 0) is 32.4 Å². The lowest BCUT2D eigenvalue weighted by Crippen LogP contribution is -2.23. The van der Waals surface area contributed by atoms with Gasteiger partial charge < -0.3 is 5.11 Å². The number of hydrogen-bond acceptors (Lipinski definition) is 2. The summed E-state index contributed by atoms with van der Waals surface area (Å²) in [5.74, 6) is -0.422. The zero-order valence-electron chi connectivity index (χ0n) is 11.2. The van der Waals surface area contributed by atoms with Crippen molar-refractivity contribution in [3.8, 4) is 0 Å². The Balaban J connectivity index is 3.21. The standard InChI is InChI=1S/C15H20O2/c1-6-10(2)7-8-12-11(3)14(17)13(16)9-15(12,4)5/h6-9,16H,1-5H3/b8-7+,10-6+. The molecule has 0 aromatic rings. The molecule has 0 bridgehead atoms. The minimum absolute atomic E-state index is 0.146. The maximum Gasteiger partial charge on any atom is 0.222 e. The number of aliphatic hydroxyl groups excluding tert-OH is 1. The van der Waals surface area contributed by atoms with Crippen molar-refractivity contribution in [3.63, 3.8) is 0 Å². The van der Waals surface area contributed by atoms with E-state index in [4.69, 9.17) is 0 Å². The number of carbonyl (C=O) groups is 1. The number of hydrogen-bond donors (Lipinski definition) is 1. The van der Waals surface area contributed by atoms with Crippen LogP contribution in [0, 0.1) is 5.41 Å². The van der Waals surface area contributed by atoms with Crippen molar-refractivity contribution < 1.29 is 9.90 Å². The first-order chi connectivity index (χ1) is 7.79. The summed E-state index contributed by atoms with van der Waals surface area (Å²) >= 11 is 0. The smallest absolute Gasteiger partial charge is 0.222 e. The molecule has 2 nitrogen and oxygen atoms in total. The van der Waals surface area contributed by atoms with Crippen molar-refractivity contribution >= 4 is 5.78 Å². The van der Waals surface area contributed by atoms with Gasteiger partial charge in [0.25, 0.3) is 0 Å². The number of aliphatic hydroxyl groups is 1. The maximum absolute atomic E-state index is 11.7. The molecule has 0 aliphatic heterocycles. The van der Waals surface area contributed by atoms with Gasteiger partial charge in [-0.2, -0.15) is 0 Å². The van der Waals surface area contributed by atoms with Crippen LogP contribution < -0.4 is 0 Å². The average Bonchev–Trinajstić information content (AvgIpc) is 2.24. The number of allylic oxidation sites excluding steroid dienone is 7. The molecule has 1 aliphatic carbocycles.